The summed E-state index contributed by atoms with van der Waals surface area (Å²) in [5, 5.41) is 1.11. The third kappa shape index (κ3) is 2.38. The van der Waals surface area contributed by atoms with Crippen LogP contribution in [-0.2, 0) is 0 Å². The standard InChI is InChI=1S/C14H16N2O/c1-10(2)9-16(3)14(17)12-5-4-11-6-7-15-13(11)8-12/h4-8,15H,1,9H2,2-3H3. The molecule has 2 aromatic rings. The molecule has 88 valence electrons. The maximum atomic E-state index is 12.1. The van der Waals surface area contributed by atoms with E-state index in [9.17, 15) is 4.79 Å². The highest BCUT2D eigenvalue weighted by molar-refractivity contribution is 5.97. The van der Waals surface area contributed by atoms with Gasteiger partial charge in [-0.15, -0.1) is 0 Å². The Balaban J connectivity index is 2.26. The molecule has 0 aliphatic carbocycles. The summed E-state index contributed by atoms with van der Waals surface area (Å²) >= 11 is 0. The summed E-state index contributed by atoms with van der Waals surface area (Å²) in [6, 6.07) is 7.68. The number of hydrogen-bond acceptors (Lipinski definition) is 1. The quantitative estimate of drug-likeness (QED) is 0.806. The number of amides is 1. The van der Waals surface area contributed by atoms with Crippen molar-refractivity contribution in [3.8, 4) is 0 Å². The predicted octanol–water partition coefficient (Wildman–Crippen LogP) is 2.82. The van der Waals surface area contributed by atoms with Gasteiger partial charge in [0.1, 0.15) is 0 Å². The lowest BCUT2D eigenvalue weighted by Crippen LogP contribution is -2.28. The second kappa shape index (κ2) is 4.45. The van der Waals surface area contributed by atoms with Gasteiger partial charge < -0.3 is 9.88 Å². The monoisotopic (exact) mass is 228 g/mol. The second-order valence-electron chi connectivity index (χ2n) is 4.40. The van der Waals surface area contributed by atoms with E-state index >= 15 is 0 Å². The van der Waals surface area contributed by atoms with Gasteiger partial charge in [-0.3, -0.25) is 4.79 Å². The molecule has 1 amide bonds. The molecule has 0 spiro atoms. The van der Waals surface area contributed by atoms with Crippen molar-refractivity contribution in [2.45, 2.75) is 6.92 Å². The van der Waals surface area contributed by atoms with Crippen LogP contribution in [0, 0.1) is 0 Å². The van der Waals surface area contributed by atoms with Gasteiger partial charge in [-0.2, -0.15) is 0 Å². The number of rotatable bonds is 3. The van der Waals surface area contributed by atoms with E-state index in [0.29, 0.717) is 12.1 Å². The van der Waals surface area contributed by atoms with E-state index in [-0.39, 0.29) is 5.91 Å². The summed E-state index contributed by atoms with van der Waals surface area (Å²) in [7, 11) is 1.79. The topological polar surface area (TPSA) is 36.1 Å². The summed E-state index contributed by atoms with van der Waals surface area (Å²) < 4.78 is 0. The van der Waals surface area contributed by atoms with E-state index in [1.54, 1.807) is 11.9 Å². The van der Waals surface area contributed by atoms with Gasteiger partial charge in [0.2, 0.25) is 0 Å². The van der Waals surface area contributed by atoms with Crippen LogP contribution in [0.25, 0.3) is 10.9 Å². The highest BCUT2D eigenvalue weighted by Gasteiger charge is 2.11. The van der Waals surface area contributed by atoms with Gasteiger partial charge in [-0.25, -0.2) is 0 Å². The number of carbonyl (C=O) groups excluding carboxylic acids is 1. The second-order valence-corrected chi connectivity index (χ2v) is 4.40. The Morgan fingerprint density at radius 2 is 2.18 bits per heavy atom. The van der Waals surface area contributed by atoms with E-state index < -0.39 is 0 Å². The molecule has 0 saturated heterocycles. The number of aromatic amines is 1. The fourth-order valence-corrected chi connectivity index (χ4v) is 1.88. The van der Waals surface area contributed by atoms with E-state index in [4.69, 9.17) is 0 Å². The molecule has 3 heteroatoms. The Bertz CT molecular complexity index is 568. The van der Waals surface area contributed by atoms with Crippen LogP contribution in [0.3, 0.4) is 0 Å². The molecule has 1 heterocycles. The van der Waals surface area contributed by atoms with Crippen LogP contribution < -0.4 is 0 Å². The average Bonchev–Trinajstić information content (AvgIpc) is 2.73. The lowest BCUT2D eigenvalue weighted by molar-refractivity contribution is 0.0807. The molecule has 0 aliphatic heterocycles. The van der Waals surface area contributed by atoms with Crippen molar-refractivity contribution in [3.05, 3.63) is 48.2 Å². The van der Waals surface area contributed by atoms with E-state index in [2.05, 4.69) is 11.6 Å². The van der Waals surface area contributed by atoms with Gasteiger partial charge >= 0.3 is 0 Å². The minimum absolute atomic E-state index is 0.0181. The van der Waals surface area contributed by atoms with Crippen molar-refractivity contribution < 1.29 is 4.79 Å². The smallest absolute Gasteiger partial charge is 0.253 e. The first kappa shape index (κ1) is 11.5. The van der Waals surface area contributed by atoms with Crippen LogP contribution in [-0.4, -0.2) is 29.4 Å². The number of aromatic nitrogens is 1. The first-order chi connectivity index (χ1) is 8.08. The Morgan fingerprint density at radius 1 is 1.41 bits per heavy atom. The third-order valence-electron chi connectivity index (χ3n) is 2.66. The number of benzene rings is 1. The Labute approximate surface area is 101 Å². The molecule has 17 heavy (non-hydrogen) atoms. The molecule has 1 aromatic carbocycles. The van der Waals surface area contributed by atoms with E-state index in [1.165, 1.54) is 0 Å². The molecule has 0 saturated carbocycles. The first-order valence-corrected chi connectivity index (χ1v) is 5.55. The van der Waals surface area contributed by atoms with Gasteiger partial charge in [0, 0.05) is 30.9 Å². The third-order valence-corrected chi connectivity index (χ3v) is 2.66. The predicted molar refractivity (Wildman–Crippen MR) is 70.1 cm³/mol. The minimum atomic E-state index is 0.0181. The van der Waals surface area contributed by atoms with Crippen molar-refractivity contribution in [1.82, 2.24) is 9.88 Å². The molecule has 0 unspecified atom stereocenters. The first-order valence-electron chi connectivity index (χ1n) is 5.55. The Kier molecular flexibility index (Phi) is 3.00. The summed E-state index contributed by atoms with van der Waals surface area (Å²) in [5.41, 5.74) is 2.66. The summed E-state index contributed by atoms with van der Waals surface area (Å²) in [6.45, 7) is 6.31. The van der Waals surface area contributed by atoms with Crippen molar-refractivity contribution >= 4 is 16.8 Å². The highest BCUT2D eigenvalue weighted by Crippen LogP contribution is 2.15. The maximum absolute atomic E-state index is 12.1. The molecule has 0 atom stereocenters. The number of nitrogens with zero attached hydrogens (tertiary/aromatic N) is 1. The average molecular weight is 228 g/mol. The van der Waals surface area contributed by atoms with Crippen molar-refractivity contribution in [3.63, 3.8) is 0 Å². The van der Waals surface area contributed by atoms with Crippen LogP contribution in [0.4, 0.5) is 0 Å². The lowest BCUT2D eigenvalue weighted by atomic mass is 10.1. The number of H-pyrrole nitrogens is 1. The number of likely N-dealkylation sites (N-methyl/N-ethyl adjacent to an activating group) is 1. The molecular weight excluding hydrogens is 212 g/mol. The molecule has 0 fully saturated rings. The largest absolute Gasteiger partial charge is 0.361 e. The number of nitrogens with one attached hydrogen (secondary N) is 1. The molecule has 0 radical (unpaired) electrons. The maximum Gasteiger partial charge on any atom is 0.253 e. The SMILES string of the molecule is C=C(C)CN(C)C(=O)c1ccc2cc[nH]c2c1. The van der Waals surface area contributed by atoms with Crippen molar-refractivity contribution in [1.29, 1.82) is 0 Å². The van der Waals surface area contributed by atoms with Crippen LogP contribution in [0.15, 0.2) is 42.6 Å². The van der Waals surface area contributed by atoms with Crippen molar-refractivity contribution in [2.75, 3.05) is 13.6 Å². The zero-order valence-electron chi connectivity index (χ0n) is 10.2. The summed E-state index contributed by atoms with van der Waals surface area (Å²) in [5.74, 6) is 0.0181. The Hall–Kier alpha value is -2.03. The minimum Gasteiger partial charge on any atom is -0.361 e. The fraction of sp³-hybridized carbons (Fsp3) is 0.214. The van der Waals surface area contributed by atoms with Crippen LogP contribution in [0.2, 0.25) is 0 Å². The zero-order chi connectivity index (χ0) is 12.4. The van der Waals surface area contributed by atoms with E-state index in [0.717, 1.165) is 16.5 Å². The fourth-order valence-electron chi connectivity index (χ4n) is 1.88. The van der Waals surface area contributed by atoms with Gasteiger partial charge in [0.05, 0.1) is 0 Å². The van der Waals surface area contributed by atoms with E-state index in [1.807, 2.05) is 37.4 Å². The van der Waals surface area contributed by atoms with Gasteiger partial charge in [-0.05, 0) is 30.5 Å². The molecule has 1 N–H and O–H groups in total. The van der Waals surface area contributed by atoms with Gasteiger partial charge in [0.15, 0.2) is 0 Å². The number of hydrogen-bond donors (Lipinski definition) is 1. The van der Waals surface area contributed by atoms with Crippen LogP contribution in [0.5, 0.6) is 0 Å². The summed E-state index contributed by atoms with van der Waals surface area (Å²) in [4.78, 5) is 16.9. The van der Waals surface area contributed by atoms with Crippen LogP contribution >= 0.6 is 0 Å². The van der Waals surface area contributed by atoms with Gasteiger partial charge in [-0.1, -0.05) is 18.2 Å². The summed E-state index contributed by atoms with van der Waals surface area (Å²) in [6.07, 6.45) is 1.87. The van der Waals surface area contributed by atoms with Gasteiger partial charge in [0.25, 0.3) is 5.91 Å². The molecule has 3 nitrogen and oxygen atoms in total. The Morgan fingerprint density at radius 3 is 2.88 bits per heavy atom. The highest BCUT2D eigenvalue weighted by atomic mass is 16.2. The molecule has 0 aliphatic rings. The lowest BCUT2D eigenvalue weighted by Gasteiger charge is -2.17. The number of carbonyl (C=O) groups is 1. The normalized spacial score (nSPS) is 10.5. The molecule has 1 aromatic heterocycles. The number of fused-ring (bicyclic) bond motifs is 1. The molecular formula is C14H16N2O. The molecule has 0 bridgehead atoms. The molecule has 2 rings (SSSR count). The van der Waals surface area contributed by atoms with Crippen LogP contribution in [0.1, 0.15) is 17.3 Å². The zero-order valence-corrected chi connectivity index (χ0v) is 10.2. The van der Waals surface area contributed by atoms with Crippen molar-refractivity contribution in [2.24, 2.45) is 0 Å².